The number of carbonyl (C=O) groups excluding carboxylic acids is 4. The summed E-state index contributed by atoms with van der Waals surface area (Å²) in [6.07, 6.45) is 7.80. The number of methoxy groups -OCH3 is 1. The van der Waals surface area contributed by atoms with Crippen LogP contribution >= 0.6 is 0 Å². The van der Waals surface area contributed by atoms with E-state index < -0.39 is 36.4 Å². The van der Waals surface area contributed by atoms with Gasteiger partial charge in [0.05, 0.1) is 12.1 Å². The number of likely N-dealkylation sites (tertiary alicyclic amines) is 1. The Morgan fingerprint density at radius 1 is 1.00 bits per heavy atom. The maximum Gasteiger partial charge on any atom is 0.407 e. The molecule has 3 amide bonds. The molecule has 0 radical (unpaired) electrons. The van der Waals surface area contributed by atoms with Crippen molar-refractivity contribution in [1.29, 1.82) is 0 Å². The molecule has 50 heavy (non-hydrogen) atoms. The van der Waals surface area contributed by atoms with E-state index in [1.165, 1.54) is 6.42 Å². The normalized spacial score (nSPS) is 24.4. The second kappa shape index (κ2) is 16.6. The van der Waals surface area contributed by atoms with Crippen molar-refractivity contribution in [3.05, 3.63) is 30.0 Å². The highest BCUT2D eigenvalue weighted by Gasteiger charge is 2.47. The van der Waals surface area contributed by atoms with E-state index in [2.05, 4.69) is 10.6 Å². The van der Waals surface area contributed by atoms with Gasteiger partial charge in [-0.2, -0.15) is 0 Å². The van der Waals surface area contributed by atoms with Gasteiger partial charge in [0.2, 0.25) is 17.6 Å². The maximum absolute atomic E-state index is 14.2. The average Bonchev–Trinajstić information content (AvgIpc) is 3.74. The Balaban J connectivity index is 1.26. The van der Waals surface area contributed by atoms with Crippen LogP contribution in [0, 0.1) is 23.7 Å². The molecule has 1 saturated heterocycles. The molecule has 2 heterocycles. The molecule has 1 aliphatic heterocycles. The lowest BCUT2D eigenvalue weighted by molar-refractivity contribution is -0.142. The zero-order chi connectivity index (χ0) is 36.0. The predicted octanol–water partition coefficient (Wildman–Crippen LogP) is 7.03. The molecule has 2 aromatic rings. The van der Waals surface area contributed by atoms with Crippen molar-refractivity contribution in [2.45, 2.75) is 116 Å². The topological polar surface area (TPSA) is 136 Å². The highest BCUT2D eigenvalue weighted by atomic mass is 19.1. The van der Waals surface area contributed by atoms with E-state index in [-0.39, 0.29) is 48.0 Å². The lowest BCUT2D eigenvalue weighted by atomic mass is 9.76. The first-order chi connectivity index (χ1) is 23.9. The Labute approximate surface area is 294 Å². The number of fused-ring (bicyclic) bond motifs is 1. The van der Waals surface area contributed by atoms with Gasteiger partial charge >= 0.3 is 12.1 Å². The molecule has 2 aliphatic carbocycles. The summed E-state index contributed by atoms with van der Waals surface area (Å²) in [5.74, 6) is -0.685. The van der Waals surface area contributed by atoms with Crippen LogP contribution in [0.1, 0.15) is 102 Å². The largest absolute Gasteiger partial charge is 0.457 e. The van der Waals surface area contributed by atoms with E-state index in [1.54, 1.807) is 64.0 Å². The number of anilines is 1. The van der Waals surface area contributed by atoms with Gasteiger partial charge in [0.25, 0.3) is 0 Å². The van der Waals surface area contributed by atoms with E-state index in [0.29, 0.717) is 54.8 Å². The quantitative estimate of drug-likeness (QED) is 0.239. The van der Waals surface area contributed by atoms with Crippen LogP contribution in [0.25, 0.3) is 11.0 Å². The molecule has 1 aromatic carbocycles. The van der Waals surface area contributed by atoms with Crippen molar-refractivity contribution in [2.75, 3.05) is 32.3 Å². The number of alkyl carbamates (subject to hydrolysis) is 1. The molecule has 11 nitrogen and oxygen atoms in total. The second-order valence-electron chi connectivity index (χ2n) is 15.3. The van der Waals surface area contributed by atoms with Gasteiger partial charge in [0.15, 0.2) is 0 Å². The molecule has 0 unspecified atom stereocenters. The number of halogens is 1. The molecule has 2 saturated carbocycles. The van der Waals surface area contributed by atoms with Crippen molar-refractivity contribution in [3.63, 3.8) is 0 Å². The minimum absolute atomic E-state index is 0.0185. The molecule has 12 heteroatoms. The molecule has 5 rings (SSSR count). The maximum atomic E-state index is 14.2. The summed E-state index contributed by atoms with van der Waals surface area (Å²) in [5, 5.41) is 6.41. The molecular weight excluding hydrogens is 645 g/mol. The van der Waals surface area contributed by atoms with E-state index >= 15 is 0 Å². The van der Waals surface area contributed by atoms with Gasteiger partial charge in [0.1, 0.15) is 30.5 Å². The number of furan rings is 1. The number of nitrogens with one attached hydrogen (secondary N) is 2. The summed E-state index contributed by atoms with van der Waals surface area (Å²) < 4.78 is 35.5. The fraction of sp³-hybridized carbons (Fsp3) is 0.684. The molecule has 0 spiro atoms. The molecule has 3 fully saturated rings. The summed E-state index contributed by atoms with van der Waals surface area (Å²) >= 11 is 0. The van der Waals surface area contributed by atoms with Crippen LogP contribution in [0.5, 0.6) is 0 Å². The zero-order valence-corrected chi connectivity index (χ0v) is 30.1. The number of benzene rings is 1. The summed E-state index contributed by atoms with van der Waals surface area (Å²) in [6.45, 7) is 7.00. The third-order valence-electron chi connectivity index (χ3n) is 10.6. The lowest BCUT2D eigenvalue weighted by Gasteiger charge is -2.37. The summed E-state index contributed by atoms with van der Waals surface area (Å²) in [5.41, 5.74) is 0.352. The molecule has 276 valence electrons. The number of amides is 3. The average molecular weight is 700 g/mol. The number of rotatable bonds is 11. The van der Waals surface area contributed by atoms with E-state index in [4.69, 9.17) is 18.6 Å². The third-order valence-corrected chi connectivity index (χ3v) is 10.6. The van der Waals surface area contributed by atoms with Crippen LogP contribution in [0.4, 0.5) is 14.9 Å². The molecule has 1 aromatic heterocycles. The van der Waals surface area contributed by atoms with Crippen molar-refractivity contribution < 1.29 is 42.2 Å². The Bertz CT molecular complexity index is 1490. The fourth-order valence-corrected chi connectivity index (χ4v) is 7.97. The Morgan fingerprint density at radius 2 is 1.72 bits per heavy atom. The number of carbonyl (C=O) groups is 4. The molecule has 0 bridgehead atoms. The highest BCUT2D eigenvalue weighted by Crippen LogP contribution is 2.41. The summed E-state index contributed by atoms with van der Waals surface area (Å²) in [4.78, 5) is 55.0. The zero-order valence-electron chi connectivity index (χ0n) is 30.1. The molecular formula is C38H54FN3O8. The third kappa shape index (κ3) is 9.35. The first-order valence-corrected chi connectivity index (χ1v) is 18.3. The van der Waals surface area contributed by atoms with Crippen molar-refractivity contribution in [1.82, 2.24) is 10.2 Å². The first kappa shape index (κ1) is 37.6. The summed E-state index contributed by atoms with van der Waals surface area (Å²) in [7, 11) is 1.54. The number of nitrogens with zero attached hydrogens (tertiary/aromatic N) is 1. The first-order valence-electron chi connectivity index (χ1n) is 18.3. The Hall–Kier alpha value is -3.67. The lowest BCUT2D eigenvalue weighted by Crippen LogP contribution is -2.50. The minimum Gasteiger partial charge on any atom is -0.457 e. The Morgan fingerprint density at radius 3 is 2.38 bits per heavy atom. The van der Waals surface area contributed by atoms with Crippen LogP contribution in [-0.4, -0.2) is 79.5 Å². The van der Waals surface area contributed by atoms with E-state index in [1.807, 2.05) is 0 Å². The number of hydrogen-bond acceptors (Lipinski definition) is 8. The van der Waals surface area contributed by atoms with Gasteiger partial charge in [-0.1, -0.05) is 32.1 Å². The van der Waals surface area contributed by atoms with Crippen LogP contribution < -0.4 is 10.6 Å². The van der Waals surface area contributed by atoms with Gasteiger partial charge in [-0.05, 0) is 102 Å². The standard InChI is InChI=1S/C38H54FN3O8/c1-23(47-5)22-48-36(45)32-20-27-19-28(15-16-31(27)49-32)40-34(43)33-29(24-9-7-6-8-10-24)17-18-42(33)35(44)26-13-11-25(12-14-26)30(21-39)41-37(46)50-38(2,3)4/h15-16,19-20,23-26,29-30,33H,6-14,17-18,21-22H2,1-5H3,(H,40,43)(H,41,46)/t23-,25?,26?,29-,30+,33-/m0/s1. The van der Waals surface area contributed by atoms with Gasteiger partial charge < -0.3 is 34.2 Å². The number of ether oxygens (including phenoxy) is 3. The monoisotopic (exact) mass is 699 g/mol. The second-order valence-corrected chi connectivity index (χ2v) is 15.3. The predicted molar refractivity (Wildman–Crippen MR) is 186 cm³/mol. The van der Waals surface area contributed by atoms with Crippen molar-refractivity contribution in [3.8, 4) is 0 Å². The van der Waals surface area contributed by atoms with Crippen LogP contribution in [0.2, 0.25) is 0 Å². The molecule has 2 N–H and O–H groups in total. The fourth-order valence-electron chi connectivity index (χ4n) is 7.97. The number of hydrogen-bond donors (Lipinski definition) is 2. The van der Waals surface area contributed by atoms with Crippen molar-refractivity contribution >= 4 is 40.5 Å². The van der Waals surface area contributed by atoms with Crippen molar-refractivity contribution in [2.24, 2.45) is 23.7 Å². The number of esters is 1. The van der Waals surface area contributed by atoms with Crippen LogP contribution in [-0.2, 0) is 23.8 Å². The molecule has 4 atom stereocenters. The van der Waals surface area contributed by atoms with Gasteiger partial charge in [-0.15, -0.1) is 0 Å². The van der Waals surface area contributed by atoms with Gasteiger partial charge in [-0.25, -0.2) is 14.0 Å². The number of alkyl halides is 1. The highest BCUT2D eigenvalue weighted by molar-refractivity contribution is 6.00. The van der Waals surface area contributed by atoms with E-state index in [0.717, 1.165) is 32.1 Å². The Kier molecular flexibility index (Phi) is 12.5. The molecule has 3 aliphatic rings. The van der Waals surface area contributed by atoms with Crippen LogP contribution in [0.3, 0.4) is 0 Å². The summed E-state index contributed by atoms with van der Waals surface area (Å²) in [6, 6.07) is 5.52. The van der Waals surface area contributed by atoms with Gasteiger partial charge in [0, 0.05) is 30.6 Å². The SMILES string of the molecule is CO[C@@H](C)COC(=O)c1cc2cc(NC(=O)[C@@H]3[C@H](C4CCCCC4)CCN3C(=O)C3CCC([C@@H](CF)NC(=O)OC(C)(C)C)CC3)ccc2o1. The van der Waals surface area contributed by atoms with E-state index in [9.17, 15) is 23.6 Å². The minimum atomic E-state index is -0.705. The smallest absolute Gasteiger partial charge is 0.407 e. The van der Waals surface area contributed by atoms with Gasteiger partial charge in [-0.3, -0.25) is 9.59 Å². The van der Waals surface area contributed by atoms with Crippen LogP contribution in [0.15, 0.2) is 28.7 Å².